The molecule has 1 fully saturated rings. The summed E-state index contributed by atoms with van der Waals surface area (Å²) in [7, 11) is 0. The molecule has 3 aromatic rings. The van der Waals surface area contributed by atoms with Crippen LogP contribution in [-0.4, -0.2) is 35.6 Å². The monoisotopic (exact) mass is 341 g/mol. The minimum absolute atomic E-state index is 0.0642. The van der Waals surface area contributed by atoms with Crippen molar-refractivity contribution in [3.05, 3.63) is 35.5 Å². The van der Waals surface area contributed by atoms with Crippen molar-refractivity contribution >= 4 is 11.7 Å². The van der Waals surface area contributed by atoms with E-state index in [1.165, 1.54) is 4.52 Å². The van der Waals surface area contributed by atoms with Gasteiger partial charge in [-0.15, -0.1) is 5.10 Å². The molecule has 1 N–H and O–H groups in total. The van der Waals surface area contributed by atoms with Crippen LogP contribution in [0.3, 0.4) is 0 Å². The quantitative estimate of drug-likeness (QED) is 0.753. The SMILES string of the molecule is Cc1ccnc2nc(C(=O)NC(c3nc(C4CC4)no3)C(C)C)nn12. The highest BCUT2D eigenvalue weighted by Gasteiger charge is 2.32. The molecule has 1 atom stereocenters. The van der Waals surface area contributed by atoms with Gasteiger partial charge in [-0.2, -0.15) is 9.97 Å². The van der Waals surface area contributed by atoms with E-state index in [-0.39, 0.29) is 11.7 Å². The van der Waals surface area contributed by atoms with Crippen molar-refractivity contribution in [1.82, 2.24) is 35.0 Å². The molecule has 1 aliphatic carbocycles. The maximum absolute atomic E-state index is 12.6. The molecule has 3 heterocycles. The molecule has 130 valence electrons. The zero-order valence-electron chi connectivity index (χ0n) is 14.3. The highest BCUT2D eigenvalue weighted by Crippen LogP contribution is 2.38. The van der Waals surface area contributed by atoms with Crippen LogP contribution in [0.5, 0.6) is 0 Å². The molecule has 0 radical (unpaired) electrons. The number of amides is 1. The third-order valence-corrected chi connectivity index (χ3v) is 4.25. The Morgan fingerprint density at radius 3 is 2.84 bits per heavy atom. The first-order chi connectivity index (χ1) is 12.0. The summed E-state index contributed by atoms with van der Waals surface area (Å²) in [6.07, 6.45) is 3.82. The Morgan fingerprint density at radius 2 is 2.16 bits per heavy atom. The van der Waals surface area contributed by atoms with Gasteiger partial charge in [-0.25, -0.2) is 9.50 Å². The van der Waals surface area contributed by atoms with Crippen molar-refractivity contribution in [2.75, 3.05) is 0 Å². The highest BCUT2D eigenvalue weighted by atomic mass is 16.5. The molecule has 0 bridgehead atoms. The third kappa shape index (κ3) is 2.97. The van der Waals surface area contributed by atoms with Gasteiger partial charge in [0.05, 0.1) is 0 Å². The second kappa shape index (κ2) is 5.91. The molecule has 0 spiro atoms. The predicted molar refractivity (Wildman–Crippen MR) is 86.8 cm³/mol. The fourth-order valence-electron chi connectivity index (χ4n) is 2.60. The number of carbonyl (C=O) groups is 1. The van der Waals surface area contributed by atoms with Crippen LogP contribution >= 0.6 is 0 Å². The molecule has 1 saturated carbocycles. The van der Waals surface area contributed by atoms with E-state index in [1.807, 2.05) is 20.8 Å². The van der Waals surface area contributed by atoms with Gasteiger partial charge in [0.15, 0.2) is 5.82 Å². The van der Waals surface area contributed by atoms with Crippen molar-refractivity contribution in [2.45, 2.75) is 45.6 Å². The van der Waals surface area contributed by atoms with Crippen molar-refractivity contribution < 1.29 is 9.32 Å². The van der Waals surface area contributed by atoms with E-state index < -0.39 is 11.9 Å². The zero-order chi connectivity index (χ0) is 17.6. The third-order valence-electron chi connectivity index (χ3n) is 4.25. The summed E-state index contributed by atoms with van der Waals surface area (Å²) in [6, 6.07) is 1.41. The number of nitrogens with one attached hydrogen (secondary N) is 1. The fraction of sp³-hybridized carbons (Fsp3) is 0.500. The zero-order valence-corrected chi connectivity index (χ0v) is 14.3. The molecule has 1 amide bonds. The number of hydrogen-bond donors (Lipinski definition) is 1. The molecular formula is C16H19N7O2. The molecule has 25 heavy (non-hydrogen) atoms. The number of aryl methyl sites for hydroxylation is 1. The molecule has 1 unspecified atom stereocenters. The molecule has 0 aromatic carbocycles. The average molecular weight is 341 g/mol. The summed E-state index contributed by atoms with van der Waals surface area (Å²) in [5.74, 6) is 1.68. The molecule has 3 aromatic heterocycles. The number of carbonyl (C=O) groups excluding carboxylic acids is 1. The topological polar surface area (TPSA) is 111 Å². The molecule has 1 aliphatic rings. The van der Waals surface area contributed by atoms with E-state index >= 15 is 0 Å². The van der Waals surface area contributed by atoms with Crippen LogP contribution in [0.15, 0.2) is 16.8 Å². The van der Waals surface area contributed by atoms with Gasteiger partial charge in [-0.1, -0.05) is 19.0 Å². The van der Waals surface area contributed by atoms with E-state index in [0.717, 1.165) is 24.4 Å². The number of aromatic nitrogens is 6. The predicted octanol–water partition coefficient (Wildman–Crippen LogP) is 1.82. The second-order valence-electron chi connectivity index (χ2n) is 6.69. The normalized spacial score (nSPS) is 15.7. The average Bonchev–Trinajstić information content (AvgIpc) is 3.15. The molecule has 0 saturated heterocycles. The number of hydrogen-bond acceptors (Lipinski definition) is 7. The maximum atomic E-state index is 12.6. The van der Waals surface area contributed by atoms with Gasteiger partial charge < -0.3 is 9.84 Å². The smallest absolute Gasteiger partial charge is 0.291 e. The molecule has 0 aliphatic heterocycles. The van der Waals surface area contributed by atoms with Gasteiger partial charge in [0.2, 0.25) is 11.7 Å². The summed E-state index contributed by atoms with van der Waals surface area (Å²) >= 11 is 0. The lowest BCUT2D eigenvalue weighted by atomic mass is 10.0. The Kier molecular flexibility index (Phi) is 3.70. The van der Waals surface area contributed by atoms with Gasteiger partial charge in [0.25, 0.3) is 11.7 Å². The van der Waals surface area contributed by atoms with Crippen LogP contribution < -0.4 is 5.32 Å². The first kappa shape index (κ1) is 15.7. The summed E-state index contributed by atoms with van der Waals surface area (Å²) < 4.78 is 6.91. The first-order valence-corrected chi connectivity index (χ1v) is 8.35. The second-order valence-corrected chi connectivity index (χ2v) is 6.69. The Hall–Kier alpha value is -2.84. The van der Waals surface area contributed by atoms with Gasteiger partial charge >= 0.3 is 0 Å². The van der Waals surface area contributed by atoms with Crippen molar-refractivity contribution in [2.24, 2.45) is 5.92 Å². The molecular weight excluding hydrogens is 322 g/mol. The highest BCUT2D eigenvalue weighted by molar-refractivity contribution is 5.91. The van der Waals surface area contributed by atoms with Gasteiger partial charge in [-0.3, -0.25) is 4.79 Å². The van der Waals surface area contributed by atoms with Crippen molar-refractivity contribution in [3.8, 4) is 0 Å². The lowest BCUT2D eigenvalue weighted by Crippen LogP contribution is -2.32. The summed E-state index contributed by atoms with van der Waals surface area (Å²) in [6.45, 7) is 5.84. The van der Waals surface area contributed by atoms with Gasteiger partial charge in [-0.05, 0) is 31.7 Å². The lowest BCUT2D eigenvalue weighted by Gasteiger charge is -2.17. The molecule has 9 heteroatoms. The van der Waals surface area contributed by atoms with E-state index in [9.17, 15) is 4.79 Å². The summed E-state index contributed by atoms with van der Waals surface area (Å²) in [4.78, 5) is 25.3. The summed E-state index contributed by atoms with van der Waals surface area (Å²) in [5.41, 5.74) is 0.850. The minimum atomic E-state index is -0.395. The maximum Gasteiger partial charge on any atom is 0.291 e. The Labute approximate surface area is 143 Å². The first-order valence-electron chi connectivity index (χ1n) is 8.35. The van der Waals surface area contributed by atoms with Crippen LogP contribution in [0.1, 0.15) is 66.7 Å². The van der Waals surface area contributed by atoms with E-state index in [0.29, 0.717) is 17.6 Å². The Bertz CT molecular complexity index is 926. The van der Waals surface area contributed by atoms with Crippen molar-refractivity contribution in [3.63, 3.8) is 0 Å². The lowest BCUT2D eigenvalue weighted by molar-refractivity contribution is 0.0903. The molecule has 9 nitrogen and oxygen atoms in total. The van der Waals surface area contributed by atoms with Crippen LogP contribution in [-0.2, 0) is 0 Å². The largest absolute Gasteiger partial charge is 0.337 e. The Balaban J connectivity index is 1.58. The van der Waals surface area contributed by atoms with Crippen molar-refractivity contribution in [1.29, 1.82) is 0 Å². The molecule has 4 rings (SSSR count). The minimum Gasteiger partial charge on any atom is -0.337 e. The van der Waals surface area contributed by atoms with E-state index in [2.05, 4.69) is 30.5 Å². The number of rotatable bonds is 5. The number of nitrogens with zero attached hydrogens (tertiary/aromatic N) is 6. The van der Waals surface area contributed by atoms with E-state index in [4.69, 9.17) is 4.52 Å². The van der Waals surface area contributed by atoms with Crippen LogP contribution in [0.2, 0.25) is 0 Å². The summed E-state index contributed by atoms with van der Waals surface area (Å²) in [5, 5.41) is 11.2. The Morgan fingerprint density at radius 1 is 1.36 bits per heavy atom. The van der Waals surface area contributed by atoms with Crippen LogP contribution in [0, 0.1) is 12.8 Å². The standard InChI is InChI=1S/C16H19N7O2/c1-8(2)11(15-19-12(22-25-15)10-4-5-10)18-14(24)13-20-16-17-7-6-9(3)23(16)21-13/h6-8,10-11H,4-5H2,1-3H3,(H,18,24). The van der Waals surface area contributed by atoms with Gasteiger partial charge in [0, 0.05) is 17.8 Å². The van der Waals surface area contributed by atoms with E-state index in [1.54, 1.807) is 12.3 Å². The van der Waals surface area contributed by atoms with Crippen LogP contribution in [0.25, 0.3) is 5.78 Å². The fourth-order valence-corrected chi connectivity index (χ4v) is 2.60. The number of fused-ring (bicyclic) bond motifs is 1. The van der Waals surface area contributed by atoms with Crippen LogP contribution in [0.4, 0.5) is 0 Å². The van der Waals surface area contributed by atoms with Gasteiger partial charge in [0.1, 0.15) is 6.04 Å².